The number of aromatic nitrogens is 2. The molecule has 8 nitrogen and oxygen atoms in total. The van der Waals surface area contributed by atoms with Crippen molar-refractivity contribution in [1.82, 2.24) is 19.6 Å². The molecule has 9 heteroatoms. The lowest BCUT2D eigenvalue weighted by Crippen LogP contribution is -2.47. The maximum atomic E-state index is 12.7. The molecule has 4 rings (SSSR count). The zero-order valence-corrected chi connectivity index (χ0v) is 16.3. The van der Waals surface area contributed by atoms with Crippen molar-refractivity contribution in [2.45, 2.75) is 50.2 Å². The molecule has 2 aromatic rings. The van der Waals surface area contributed by atoms with Crippen molar-refractivity contribution >= 4 is 28.1 Å². The van der Waals surface area contributed by atoms with Crippen LogP contribution in [0.3, 0.4) is 0 Å². The van der Waals surface area contributed by atoms with Gasteiger partial charge in [0.05, 0.1) is 12.1 Å². The van der Waals surface area contributed by atoms with Gasteiger partial charge in [-0.15, -0.1) is 23.7 Å². The molecule has 0 aliphatic carbocycles. The Labute approximate surface area is 167 Å². The molecular weight excluding hydrogens is 376 g/mol. The number of hydrogen-bond donors (Lipinski definition) is 1. The Morgan fingerprint density at radius 3 is 3.00 bits per heavy atom. The van der Waals surface area contributed by atoms with Gasteiger partial charge in [-0.3, -0.25) is 14.0 Å². The third kappa shape index (κ3) is 3.92. The molecule has 0 saturated carbocycles. The van der Waals surface area contributed by atoms with E-state index in [0.717, 1.165) is 23.5 Å². The number of likely N-dealkylation sites (tertiary alicyclic amines) is 1. The Kier molecular flexibility index (Phi) is 5.13. The van der Waals surface area contributed by atoms with E-state index in [1.165, 1.54) is 11.3 Å². The van der Waals surface area contributed by atoms with Crippen LogP contribution in [-0.2, 0) is 16.0 Å². The quantitative estimate of drug-likeness (QED) is 0.690. The van der Waals surface area contributed by atoms with Gasteiger partial charge in [0.25, 0.3) is 0 Å². The van der Waals surface area contributed by atoms with Crippen LogP contribution in [0.1, 0.15) is 37.8 Å². The van der Waals surface area contributed by atoms with Gasteiger partial charge in [-0.2, -0.15) is 10.2 Å². The zero-order valence-electron chi connectivity index (χ0n) is 15.5. The van der Waals surface area contributed by atoms with Crippen LogP contribution in [0.5, 0.6) is 0 Å². The fraction of sp³-hybridized carbons (Fsp3) is 0.526. The minimum atomic E-state index is -0.411. The van der Waals surface area contributed by atoms with Gasteiger partial charge in [0, 0.05) is 50.1 Å². The van der Waals surface area contributed by atoms with Crippen molar-refractivity contribution in [2.24, 2.45) is 10.2 Å². The normalized spacial score (nSPS) is 19.7. The van der Waals surface area contributed by atoms with Gasteiger partial charge < -0.3 is 10.2 Å². The zero-order chi connectivity index (χ0) is 19.6. The molecule has 28 heavy (non-hydrogen) atoms. The van der Waals surface area contributed by atoms with Crippen molar-refractivity contribution in [1.29, 1.82) is 0 Å². The Morgan fingerprint density at radius 1 is 1.39 bits per heavy atom. The molecule has 1 unspecified atom stereocenters. The fourth-order valence-corrected chi connectivity index (χ4v) is 4.35. The summed E-state index contributed by atoms with van der Waals surface area (Å²) in [5.74, 6) is 2.43. The molecule has 2 aliphatic heterocycles. The van der Waals surface area contributed by atoms with E-state index in [0.29, 0.717) is 32.4 Å². The van der Waals surface area contributed by atoms with Crippen LogP contribution in [-0.4, -0.2) is 50.9 Å². The van der Waals surface area contributed by atoms with Crippen LogP contribution in [0.4, 0.5) is 0 Å². The highest BCUT2D eigenvalue weighted by Gasteiger charge is 2.39. The predicted octanol–water partition coefficient (Wildman–Crippen LogP) is 2.01. The molecule has 1 atom stereocenters. The van der Waals surface area contributed by atoms with Gasteiger partial charge in [0.2, 0.25) is 11.8 Å². The van der Waals surface area contributed by atoms with E-state index in [-0.39, 0.29) is 18.2 Å². The molecule has 1 saturated heterocycles. The molecule has 0 bridgehead atoms. The van der Waals surface area contributed by atoms with E-state index < -0.39 is 11.7 Å². The second-order valence-corrected chi connectivity index (χ2v) is 8.05. The Hall–Kier alpha value is -2.73. The van der Waals surface area contributed by atoms with Crippen molar-refractivity contribution in [3.05, 3.63) is 23.5 Å². The highest BCUT2D eigenvalue weighted by atomic mass is 32.1. The van der Waals surface area contributed by atoms with E-state index in [2.05, 4.69) is 26.4 Å². The minimum Gasteiger partial charge on any atom is -0.354 e. The summed E-state index contributed by atoms with van der Waals surface area (Å²) in [5, 5.41) is 13.0. The first-order valence-electron chi connectivity index (χ1n) is 9.46. The number of carbonyl (C=O) groups excluding carboxylic acids is 2. The van der Waals surface area contributed by atoms with E-state index in [9.17, 15) is 9.59 Å². The molecule has 0 radical (unpaired) electrons. The summed E-state index contributed by atoms with van der Waals surface area (Å²) in [7, 11) is 0. The predicted molar refractivity (Wildman–Crippen MR) is 105 cm³/mol. The average molecular weight is 398 g/mol. The van der Waals surface area contributed by atoms with Crippen molar-refractivity contribution in [3.8, 4) is 12.3 Å². The van der Waals surface area contributed by atoms with Gasteiger partial charge in [0.15, 0.2) is 10.6 Å². The van der Waals surface area contributed by atoms with Gasteiger partial charge in [-0.05, 0) is 12.8 Å². The van der Waals surface area contributed by atoms with Crippen LogP contribution < -0.4 is 5.32 Å². The molecular formula is C19H22N6O2S. The maximum Gasteiger partial charge on any atom is 0.242 e. The number of rotatable bonds is 8. The maximum absolute atomic E-state index is 12.7. The first-order valence-corrected chi connectivity index (χ1v) is 10.3. The Morgan fingerprint density at radius 2 is 2.25 bits per heavy atom. The summed E-state index contributed by atoms with van der Waals surface area (Å²) in [6.45, 7) is 1.09. The van der Waals surface area contributed by atoms with Gasteiger partial charge >= 0.3 is 0 Å². The third-order valence-corrected chi connectivity index (χ3v) is 6.00. The van der Waals surface area contributed by atoms with E-state index in [1.807, 2.05) is 22.2 Å². The topological polar surface area (TPSA) is 91.4 Å². The fourth-order valence-electron chi connectivity index (χ4n) is 3.63. The smallest absolute Gasteiger partial charge is 0.242 e. The Balaban J connectivity index is 1.28. The second kappa shape index (κ2) is 7.72. The molecule has 0 spiro atoms. The summed E-state index contributed by atoms with van der Waals surface area (Å²) in [4.78, 5) is 32.4. The number of thiazole rings is 1. The molecule has 0 aromatic carbocycles. The monoisotopic (exact) mass is 398 g/mol. The highest BCUT2D eigenvalue weighted by molar-refractivity contribution is 7.15. The number of amides is 2. The summed E-state index contributed by atoms with van der Waals surface area (Å²) < 4.78 is 1.91. The van der Waals surface area contributed by atoms with Crippen LogP contribution in [0.2, 0.25) is 0 Å². The van der Waals surface area contributed by atoms with Crippen LogP contribution in [0.15, 0.2) is 28.0 Å². The number of hydrogen-bond acceptors (Lipinski definition) is 6. The molecule has 146 valence electrons. The van der Waals surface area contributed by atoms with Crippen molar-refractivity contribution < 1.29 is 9.59 Å². The first kappa shape index (κ1) is 18.6. The van der Waals surface area contributed by atoms with Gasteiger partial charge in [0.1, 0.15) is 6.04 Å². The average Bonchev–Trinajstić information content (AvgIpc) is 3.05. The molecule has 2 aromatic heterocycles. The molecule has 1 fully saturated rings. The van der Waals surface area contributed by atoms with Crippen LogP contribution >= 0.6 is 11.3 Å². The third-order valence-electron chi connectivity index (χ3n) is 5.23. The lowest BCUT2D eigenvalue weighted by atomic mass is 10.0. The van der Waals surface area contributed by atoms with E-state index >= 15 is 0 Å². The van der Waals surface area contributed by atoms with E-state index in [4.69, 9.17) is 6.42 Å². The number of carbonyl (C=O) groups is 2. The number of nitrogens with one attached hydrogen (secondary N) is 1. The summed E-state index contributed by atoms with van der Waals surface area (Å²) in [6.07, 6.45) is 12.8. The van der Waals surface area contributed by atoms with Gasteiger partial charge in [-0.1, -0.05) is 0 Å². The molecule has 2 aliphatic rings. The minimum absolute atomic E-state index is 0.0545. The first-order chi connectivity index (χ1) is 13.6. The lowest BCUT2D eigenvalue weighted by Gasteiger charge is -2.24. The largest absolute Gasteiger partial charge is 0.354 e. The second-order valence-electron chi connectivity index (χ2n) is 7.17. The van der Waals surface area contributed by atoms with E-state index in [1.54, 1.807) is 4.90 Å². The van der Waals surface area contributed by atoms with Crippen molar-refractivity contribution in [2.75, 3.05) is 13.1 Å². The number of imidazole rings is 1. The number of nitrogens with zero attached hydrogens (tertiary/aromatic N) is 5. The Bertz CT molecular complexity index is 921. The molecule has 4 heterocycles. The van der Waals surface area contributed by atoms with Crippen LogP contribution in [0, 0.1) is 12.3 Å². The lowest BCUT2D eigenvalue weighted by molar-refractivity contribution is -0.138. The van der Waals surface area contributed by atoms with Crippen LogP contribution in [0.25, 0.3) is 4.96 Å². The van der Waals surface area contributed by atoms with Crippen molar-refractivity contribution in [3.63, 3.8) is 0 Å². The van der Waals surface area contributed by atoms with Gasteiger partial charge in [-0.25, -0.2) is 4.98 Å². The number of fused-ring (bicyclic) bond motifs is 1. The molecule has 2 amide bonds. The summed E-state index contributed by atoms with van der Waals surface area (Å²) in [6, 6.07) is -0.411. The highest BCUT2D eigenvalue weighted by Crippen LogP contribution is 2.36. The standard InChI is InChI=1S/C19H22N6O2S/c1-2-3-6-19(22-23-19)7-8-20-17(27)15-5-4-9-25(15)16(26)12-14-13-24-10-11-28-18(24)21-14/h1,10-11,13,15H,3-9,12H2,(H,20,27). The molecule has 1 N–H and O–H groups in total. The summed E-state index contributed by atoms with van der Waals surface area (Å²) in [5.41, 5.74) is 0.328. The SMILES string of the molecule is C#CCCC1(CCNC(=O)C2CCCN2C(=O)Cc2cn3ccsc3n2)N=N1. The summed E-state index contributed by atoms with van der Waals surface area (Å²) >= 11 is 1.53. The number of terminal acetylenes is 1.